The number of rotatable bonds is 6. The Hall–Kier alpha value is -2.29. The quantitative estimate of drug-likeness (QED) is 0.687. The fourth-order valence-corrected chi connectivity index (χ4v) is 2.54. The molecule has 0 aliphatic rings. The summed E-state index contributed by atoms with van der Waals surface area (Å²) in [5, 5.41) is 21.7. The average molecular weight is 404 g/mol. The van der Waals surface area contributed by atoms with Crippen LogP contribution in [0.4, 0.5) is 18.0 Å². The molecule has 0 aliphatic carbocycles. The maximum atomic E-state index is 12.7. The van der Waals surface area contributed by atoms with E-state index in [4.69, 9.17) is 16.3 Å². The Balaban J connectivity index is 1.87. The minimum atomic E-state index is -4.62. The SMILES string of the molecule is O=C(NCC(O)C(O)c1ccc(C(F)(F)F)c(Cl)c1)OCc1ccccc1. The summed E-state index contributed by atoms with van der Waals surface area (Å²) in [5.74, 6) is 0. The lowest BCUT2D eigenvalue weighted by Gasteiger charge is -2.20. The number of hydrogen-bond donors (Lipinski definition) is 3. The summed E-state index contributed by atoms with van der Waals surface area (Å²) in [4.78, 5) is 11.6. The number of nitrogens with one attached hydrogen (secondary N) is 1. The molecular formula is C18H17ClF3NO4. The van der Waals surface area contributed by atoms with E-state index in [-0.39, 0.29) is 18.7 Å². The molecule has 0 saturated heterocycles. The third-order valence-electron chi connectivity index (χ3n) is 3.67. The molecular weight excluding hydrogens is 387 g/mol. The number of carbonyl (C=O) groups is 1. The maximum absolute atomic E-state index is 12.7. The first kappa shape index (κ1) is 21.0. The summed E-state index contributed by atoms with van der Waals surface area (Å²) >= 11 is 5.59. The molecule has 2 aromatic carbocycles. The molecule has 3 N–H and O–H groups in total. The monoisotopic (exact) mass is 403 g/mol. The largest absolute Gasteiger partial charge is 0.445 e. The van der Waals surface area contributed by atoms with Crippen LogP contribution in [0, 0.1) is 0 Å². The van der Waals surface area contributed by atoms with Crippen molar-refractivity contribution >= 4 is 17.7 Å². The van der Waals surface area contributed by atoms with Crippen LogP contribution in [0.25, 0.3) is 0 Å². The van der Waals surface area contributed by atoms with Crippen LogP contribution in [-0.2, 0) is 17.5 Å². The molecule has 0 aliphatic heterocycles. The normalized spacial score (nSPS) is 13.7. The Bertz CT molecular complexity index is 771. The molecule has 2 rings (SSSR count). The molecule has 0 saturated carbocycles. The minimum Gasteiger partial charge on any atom is -0.445 e. The molecule has 9 heteroatoms. The van der Waals surface area contributed by atoms with Gasteiger partial charge in [0.25, 0.3) is 0 Å². The second-order valence-corrected chi connectivity index (χ2v) is 6.10. The number of benzene rings is 2. The first-order chi connectivity index (χ1) is 12.7. The van der Waals surface area contributed by atoms with Crippen molar-refractivity contribution in [2.45, 2.75) is 25.0 Å². The van der Waals surface area contributed by atoms with Gasteiger partial charge in [-0.05, 0) is 23.3 Å². The van der Waals surface area contributed by atoms with E-state index in [2.05, 4.69) is 5.32 Å². The van der Waals surface area contributed by atoms with Gasteiger partial charge in [-0.2, -0.15) is 13.2 Å². The highest BCUT2D eigenvalue weighted by Gasteiger charge is 2.33. The van der Waals surface area contributed by atoms with Gasteiger partial charge in [0.1, 0.15) is 18.8 Å². The molecule has 27 heavy (non-hydrogen) atoms. The summed E-state index contributed by atoms with van der Waals surface area (Å²) in [6.07, 6.45) is -8.44. The first-order valence-corrected chi connectivity index (χ1v) is 8.23. The van der Waals surface area contributed by atoms with Crippen LogP contribution in [-0.4, -0.2) is 29.0 Å². The predicted molar refractivity (Wildman–Crippen MR) is 92.1 cm³/mol. The molecule has 0 fully saturated rings. The van der Waals surface area contributed by atoms with Crippen LogP contribution in [0.3, 0.4) is 0 Å². The summed E-state index contributed by atoms with van der Waals surface area (Å²) in [5.41, 5.74) is -0.287. The topological polar surface area (TPSA) is 78.8 Å². The van der Waals surface area contributed by atoms with Crippen LogP contribution < -0.4 is 5.32 Å². The Kier molecular flexibility index (Phi) is 7.06. The zero-order valence-corrected chi connectivity index (χ0v) is 14.7. The van der Waals surface area contributed by atoms with E-state index in [0.717, 1.165) is 23.8 Å². The van der Waals surface area contributed by atoms with E-state index in [1.54, 1.807) is 24.3 Å². The van der Waals surface area contributed by atoms with E-state index in [9.17, 15) is 28.2 Å². The van der Waals surface area contributed by atoms with Crippen LogP contribution in [0.1, 0.15) is 22.8 Å². The number of aliphatic hydroxyl groups excluding tert-OH is 2. The highest BCUT2D eigenvalue weighted by Crippen LogP contribution is 2.36. The summed E-state index contributed by atoms with van der Waals surface area (Å²) in [7, 11) is 0. The van der Waals surface area contributed by atoms with Gasteiger partial charge in [-0.3, -0.25) is 0 Å². The summed E-state index contributed by atoms with van der Waals surface area (Å²) in [6, 6.07) is 11.6. The van der Waals surface area contributed by atoms with Gasteiger partial charge in [-0.25, -0.2) is 4.79 Å². The molecule has 2 unspecified atom stereocenters. The molecule has 0 radical (unpaired) electrons. The lowest BCUT2D eigenvalue weighted by atomic mass is 10.0. The Morgan fingerprint density at radius 3 is 2.41 bits per heavy atom. The number of aliphatic hydroxyl groups is 2. The predicted octanol–water partition coefficient (Wildman–Crippen LogP) is 3.68. The number of halogens is 4. The molecule has 1 amide bonds. The fraction of sp³-hybridized carbons (Fsp3) is 0.278. The van der Waals surface area contributed by atoms with Crippen molar-refractivity contribution in [3.05, 3.63) is 70.2 Å². The standard InChI is InChI=1S/C18H17ClF3NO4/c19-14-8-12(6-7-13(14)18(20,21)22)16(25)15(24)9-23-17(26)27-10-11-4-2-1-3-5-11/h1-8,15-16,24-25H,9-10H2,(H,23,26). The van der Waals surface area contributed by atoms with Crippen molar-refractivity contribution in [3.63, 3.8) is 0 Å². The van der Waals surface area contributed by atoms with Gasteiger partial charge in [0.2, 0.25) is 0 Å². The smallest absolute Gasteiger partial charge is 0.417 e. The first-order valence-electron chi connectivity index (χ1n) is 7.86. The second-order valence-electron chi connectivity index (χ2n) is 5.69. The second kappa shape index (κ2) is 9.07. The Labute approximate surface area is 158 Å². The van der Waals surface area contributed by atoms with E-state index in [0.29, 0.717) is 0 Å². The molecule has 0 spiro atoms. The molecule has 2 atom stereocenters. The maximum Gasteiger partial charge on any atom is 0.417 e. The number of alkyl halides is 3. The highest BCUT2D eigenvalue weighted by molar-refractivity contribution is 6.31. The molecule has 2 aromatic rings. The fourth-order valence-electron chi connectivity index (χ4n) is 2.24. The molecule has 0 aromatic heterocycles. The van der Waals surface area contributed by atoms with Gasteiger partial charge in [0.15, 0.2) is 0 Å². The van der Waals surface area contributed by atoms with E-state index >= 15 is 0 Å². The Morgan fingerprint density at radius 2 is 1.81 bits per heavy atom. The third-order valence-corrected chi connectivity index (χ3v) is 3.99. The van der Waals surface area contributed by atoms with Crippen molar-refractivity contribution in [1.29, 1.82) is 0 Å². The lowest BCUT2D eigenvalue weighted by molar-refractivity contribution is -0.137. The van der Waals surface area contributed by atoms with Crippen molar-refractivity contribution in [3.8, 4) is 0 Å². The molecule has 146 valence electrons. The van der Waals surface area contributed by atoms with Gasteiger partial charge in [0.05, 0.1) is 10.6 Å². The number of alkyl carbamates (subject to hydrolysis) is 1. The minimum absolute atomic E-state index is 0.0139. The van der Waals surface area contributed by atoms with E-state index in [1.807, 2.05) is 6.07 Å². The zero-order chi connectivity index (χ0) is 20.0. The summed E-state index contributed by atoms with van der Waals surface area (Å²) < 4.78 is 43.0. The third kappa shape index (κ3) is 6.13. The number of amides is 1. The number of hydrogen-bond acceptors (Lipinski definition) is 4. The lowest BCUT2D eigenvalue weighted by Crippen LogP contribution is -2.35. The van der Waals surface area contributed by atoms with Gasteiger partial charge >= 0.3 is 12.3 Å². The van der Waals surface area contributed by atoms with Crippen LogP contribution >= 0.6 is 11.6 Å². The van der Waals surface area contributed by atoms with Gasteiger partial charge < -0.3 is 20.3 Å². The molecule has 0 bridgehead atoms. The van der Waals surface area contributed by atoms with Crippen LogP contribution in [0.15, 0.2) is 48.5 Å². The number of ether oxygens (including phenoxy) is 1. The van der Waals surface area contributed by atoms with Gasteiger partial charge in [-0.1, -0.05) is 48.0 Å². The highest BCUT2D eigenvalue weighted by atomic mass is 35.5. The van der Waals surface area contributed by atoms with Crippen molar-refractivity contribution in [2.75, 3.05) is 6.54 Å². The van der Waals surface area contributed by atoms with Gasteiger partial charge in [0, 0.05) is 6.54 Å². The zero-order valence-electron chi connectivity index (χ0n) is 13.9. The molecule has 5 nitrogen and oxygen atoms in total. The van der Waals surface area contributed by atoms with Crippen molar-refractivity contribution in [1.82, 2.24) is 5.32 Å². The average Bonchev–Trinajstić information content (AvgIpc) is 2.63. The van der Waals surface area contributed by atoms with Crippen molar-refractivity contribution < 1.29 is 32.9 Å². The summed E-state index contributed by atoms with van der Waals surface area (Å²) in [6.45, 7) is -0.340. The van der Waals surface area contributed by atoms with Crippen LogP contribution in [0.5, 0.6) is 0 Å². The van der Waals surface area contributed by atoms with E-state index < -0.39 is 35.1 Å². The molecule has 0 heterocycles. The van der Waals surface area contributed by atoms with E-state index in [1.165, 1.54) is 0 Å². The van der Waals surface area contributed by atoms with Crippen molar-refractivity contribution in [2.24, 2.45) is 0 Å². The van der Waals surface area contributed by atoms with Gasteiger partial charge in [-0.15, -0.1) is 0 Å². The van der Waals surface area contributed by atoms with Crippen LogP contribution in [0.2, 0.25) is 5.02 Å². The Morgan fingerprint density at radius 1 is 1.15 bits per heavy atom. The number of carbonyl (C=O) groups excluding carboxylic acids is 1.